The Labute approximate surface area is 87.7 Å². The smallest absolute Gasteiger partial charge is 0.233 e. The van der Waals surface area contributed by atoms with E-state index in [9.17, 15) is 4.79 Å². The molecule has 1 aromatic heterocycles. The van der Waals surface area contributed by atoms with Crippen molar-refractivity contribution in [2.24, 2.45) is 0 Å². The Kier molecular flexibility index (Phi) is 3.60. The summed E-state index contributed by atoms with van der Waals surface area (Å²) in [5.74, 6) is -0.0189. The summed E-state index contributed by atoms with van der Waals surface area (Å²) >= 11 is 1.58. The number of rotatable bonds is 4. The molecule has 78 valence electrons. The van der Waals surface area contributed by atoms with Crippen LogP contribution in [0.3, 0.4) is 0 Å². The summed E-state index contributed by atoms with van der Waals surface area (Å²) in [7, 11) is 1.63. The first-order chi connectivity index (χ1) is 6.56. The highest BCUT2D eigenvalue weighted by molar-refractivity contribution is 7.09. The van der Waals surface area contributed by atoms with Gasteiger partial charge in [0.05, 0.1) is 12.1 Å². The van der Waals surface area contributed by atoms with Crippen molar-refractivity contribution in [3.05, 3.63) is 16.6 Å². The number of hydrogen-bond donors (Lipinski definition) is 2. The van der Waals surface area contributed by atoms with Crippen molar-refractivity contribution < 1.29 is 4.79 Å². The van der Waals surface area contributed by atoms with Gasteiger partial charge in [0.2, 0.25) is 5.91 Å². The molecule has 2 N–H and O–H groups in total. The predicted molar refractivity (Wildman–Crippen MR) is 57.2 cm³/mol. The Morgan fingerprint density at radius 3 is 2.86 bits per heavy atom. The highest BCUT2D eigenvalue weighted by Crippen LogP contribution is 2.21. The van der Waals surface area contributed by atoms with E-state index in [1.807, 2.05) is 19.2 Å². The van der Waals surface area contributed by atoms with Crippen LogP contribution < -0.4 is 10.6 Å². The normalized spacial score (nSPS) is 11.4. The van der Waals surface area contributed by atoms with Gasteiger partial charge in [0.1, 0.15) is 5.01 Å². The summed E-state index contributed by atoms with van der Waals surface area (Å²) < 4.78 is 0. The third-order valence-electron chi connectivity index (χ3n) is 1.94. The highest BCUT2D eigenvalue weighted by atomic mass is 32.1. The van der Waals surface area contributed by atoms with E-state index in [1.165, 1.54) is 0 Å². The van der Waals surface area contributed by atoms with Crippen LogP contribution in [0.5, 0.6) is 0 Å². The first-order valence-corrected chi connectivity index (χ1v) is 5.30. The lowest BCUT2D eigenvalue weighted by atomic mass is 10.1. The molecule has 0 aliphatic carbocycles. The Morgan fingerprint density at radius 1 is 1.64 bits per heavy atom. The second kappa shape index (κ2) is 4.52. The Hall–Kier alpha value is -0.940. The lowest BCUT2D eigenvalue weighted by molar-refractivity contribution is -0.120. The lowest BCUT2D eigenvalue weighted by Gasteiger charge is -2.23. The molecule has 0 saturated carbocycles. The van der Waals surface area contributed by atoms with Crippen LogP contribution in [-0.2, 0) is 10.3 Å². The van der Waals surface area contributed by atoms with Gasteiger partial charge in [0.25, 0.3) is 0 Å². The number of aromatic nitrogens is 1. The van der Waals surface area contributed by atoms with Crippen LogP contribution >= 0.6 is 11.3 Å². The van der Waals surface area contributed by atoms with Crippen molar-refractivity contribution in [2.75, 3.05) is 13.6 Å². The van der Waals surface area contributed by atoms with Crippen LogP contribution in [0.4, 0.5) is 0 Å². The molecule has 0 spiro atoms. The van der Waals surface area contributed by atoms with Gasteiger partial charge < -0.3 is 5.32 Å². The van der Waals surface area contributed by atoms with Gasteiger partial charge in [0, 0.05) is 18.6 Å². The third-order valence-corrected chi connectivity index (χ3v) is 3.03. The zero-order valence-electron chi connectivity index (χ0n) is 8.63. The molecule has 0 aliphatic rings. The zero-order chi connectivity index (χ0) is 10.6. The molecule has 0 bridgehead atoms. The average molecular weight is 213 g/mol. The van der Waals surface area contributed by atoms with Crippen molar-refractivity contribution in [3.63, 3.8) is 0 Å². The van der Waals surface area contributed by atoms with Gasteiger partial charge in [-0.1, -0.05) is 0 Å². The molecule has 0 saturated heterocycles. The van der Waals surface area contributed by atoms with Crippen LogP contribution in [0.25, 0.3) is 0 Å². The molecule has 1 aromatic rings. The molecule has 5 heteroatoms. The van der Waals surface area contributed by atoms with E-state index in [1.54, 1.807) is 24.6 Å². The van der Waals surface area contributed by atoms with Gasteiger partial charge in [-0.3, -0.25) is 10.1 Å². The molecule has 0 unspecified atom stereocenters. The molecule has 1 amide bonds. The van der Waals surface area contributed by atoms with Gasteiger partial charge in [-0.05, 0) is 13.8 Å². The summed E-state index contributed by atoms with van der Waals surface area (Å²) in [6, 6.07) is 0. The van der Waals surface area contributed by atoms with Crippen LogP contribution in [0.15, 0.2) is 11.6 Å². The minimum atomic E-state index is -0.249. The maximum atomic E-state index is 11.0. The minimum absolute atomic E-state index is 0.0189. The van der Waals surface area contributed by atoms with Crippen molar-refractivity contribution in [2.45, 2.75) is 19.4 Å². The fourth-order valence-corrected chi connectivity index (χ4v) is 1.74. The van der Waals surface area contributed by atoms with Crippen LogP contribution in [-0.4, -0.2) is 24.5 Å². The highest BCUT2D eigenvalue weighted by Gasteiger charge is 2.22. The summed E-state index contributed by atoms with van der Waals surface area (Å²) in [6.07, 6.45) is 1.77. The zero-order valence-corrected chi connectivity index (χ0v) is 9.44. The van der Waals surface area contributed by atoms with Gasteiger partial charge in [0.15, 0.2) is 0 Å². The SMILES string of the molecule is CNC(=O)CNC(C)(C)c1nccs1. The van der Waals surface area contributed by atoms with Crippen LogP contribution in [0, 0.1) is 0 Å². The third kappa shape index (κ3) is 2.78. The molecule has 1 rings (SSSR count). The Balaban J connectivity index is 2.54. The molecule has 0 aromatic carbocycles. The van der Waals surface area contributed by atoms with Gasteiger partial charge in [-0.2, -0.15) is 0 Å². The number of carbonyl (C=O) groups excluding carboxylic acids is 1. The maximum Gasteiger partial charge on any atom is 0.233 e. The first kappa shape index (κ1) is 11.1. The van der Waals surface area contributed by atoms with Gasteiger partial charge in [-0.15, -0.1) is 11.3 Å². The fourth-order valence-electron chi connectivity index (χ4n) is 0.997. The van der Waals surface area contributed by atoms with E-state index in [4.69, 9.17) is 0 Å². The Morgan fingerprint density at radius 2 is 2.36 bits per heavy atom. The van der Waals surface area contributed by atoms with Crippen molar-refractivity contribution in [1.29, 1.82) is 0 Å². The molecule has 1 heterocycles. The summed E-state index contributed by atoms with van der Waals surface area (Å²) in [5.41, 5.74) is -0.249. The first-order valence-electron chi connectivity index (χ1n) is 4.42. The lowest BCUT2D eigenvalue weighted by Crippen LogP contribution is -2.42. The largest absolute Gasteiger partial charge is 0.358 e. The van der Waals surface area contributed by atoms with E-state index in [0.29, 0.717) is 6.54 Å². The molecular formula is C9H15N3OS. The molecular weight excluding hydrogens is 198 g/mol. The van der Waals surface area contributed by atoms with E-state index in [0.717, 1.165) is 5.01 Å². The number of nitrogens with one attached hydrogen (secondary N) is 2. The van der Waals surface area contributed by atoms with Gasteiger partial charge >= 0.3 is 0 Å². The average Bonchev–Trinajstić information content (AvgIpc) is 2.67. The number of amides is 1. The number of hydrogen-bond acceptors (Lipinski definition) is 4. The van der Waals surface area contributed by atoms with Crippen molar-refractivity contribution in [1.82, 2.24) is 15.6 Å². The molecule has 0 atom stereocenters. The summed E-state index contributed by atoms with van der Waals surface area (Å²) in [4.78, 5) is 15.3. The molecule has 0 fully saturated rings. The second-order valence-electron chi connectivity index (χ2n) is 3.49. The number of nitrogens with zero attached hydrogens (tertiary/aromatic N) is 1. The van der Waals surface area contributed by atoms with Crippen LogP contribution in [0.2, 0.25) is 0 Å². The second-order valence-corrected chi connectivity index (χ2v) is 4.38. The Bertz CT molecular complexity index is 295. The van der Waals surface area contributed by atoms with Gasteiger partial charge in [-0.25, -0.2) is 4.98 Å². The van der Waals surface area contributed by atoms with E-state index < -0.39 is 0 Å². The maximum absolute atomic E-state index is 11.0. The molecule has 14 heavy (non-hydrogen) atoms. The fraction of sp³-hybridized carbons (Fsp3) is 0.556. The van der Waals surface area contributed by atoms with E-state index in [2.05, 4.69) is 15.6 Å². The predicted octanol–water partition coefficient (Wildman–Crippen LogP) is 0.714. The number of likely N-dealkylation sites (N-methyl/N-ethyl adjacent to an activating group) is 1. The molecule has 0 aliphatic heterocycles. The number of thiazole rings is 1. The van der Waals surface area contributed by atoms with E-state index >= 15 is 0 Å². The van der Waals surface area contributed by atoms with Crippen LogP contribution in [0.1, 0.15) is 18.9 Å². The van der Waals surface area contributed by atoms with E-state index in [-0.39, 0.29) is 11.4 Å². The number of carbonyl (C=O) groups is 1. The van der Waals surface area contributed by atoms with Crippen molar-refractivity contribution in [3.8, 4) is 0 Å². The molecule has 4 nitrogen and oxygen atoms in total. The quantitative estimate of drug-likeness (QED) is 0.774. The standard InChI is InChI=1S/C9H15N3OS/c1-9(2,8-11-4-5-14-8)12-6-7(13)10-3/h4-5,12H,6H2,1-3H3,(H,10,13). The molecule has 0 radical (unpaired) electrons. The minimum Gasteiger partial charge on any atom is -0.358 e. The summed E-state index contributed by atoms with van der Waals surface area (Å²) in [5, 5.41) is 8.63. The topological polar surface area (TPSA) is 54.0 Å². The summed E-state index contributed by atoms with van der Waals surface area (Å²) in [6.45, 7) is 4.33. The van der Waals surface area contributed by atoms with Crippen molar-refractivity contribution >= 4 is 17.2 Å². The monoisotopic (exact) mass is 213 g/mol.